The largest absolute Gasteiger partial charge is 0.336 e. The van der Waals surface area contributed by atoms with Gasteiger partial charge >= 0.3 is 0 Å². The molecule has 4 nitrogen and oxygen atoms in total. The molecule has 1 atom stereocenters. The number of carbonyl (C=O) groups is 1. The average molecular weight is 384 g/mol. The summed E-state index contributed by atoms with van der Waals surface area (Å²) in [5.41, 5.74) is 2.95. The zero-order chi connectivity index (χ0) is 19.6. The molecule has 3 aliphatic heterocycles. The molecule has 0 N–H and O–H groups in total. The fourth-order valence-corrected chi connectivity index (χ4v) is 5.73. The second-order valence-electron chi connectivity index (χ2n) is 9.39. The molecule has 0 radical (unpaired) electrons. The SMILES string of the molecule is CCCN1CCCCC12Cc1ccccc1CN(C(=O)C1CCN(C)CC1)C2. The molecule has 4 heteroatoms. The zero-order valence-electron chi connectivity index (χ0n) is 17.8. The van der Waals surface area contributed by atoms with Crippen molar-refractivity contribution in [2.24, 2.45) is 5.92 Å². The predicted octanol–water partition coefficient (Wildman–Crippen LogP) is 3.55. The van der Waals surface area contributed by atoms with E-state index in [1.165, 1.54) is 43.4 Å². The molecular formula is C24H37N3O. The Balaban J connectivity index is 1.64. The van der Waals surface area contributed by atoms with Crippen LogP contribution < -0.4 is 0 Å². The molecular weight excluding hydrogens is 346 g/mol. The van der Waals surface area contributed by atoms with E-state index in [4.69, 9.17) is 0 Å². The van der Waals surface area contributed by atoms with Crippen molar-refractivity contribution in [3.05, 3.63) is 35.4 Å². The Bertz CT molecular complexity index is 680. The summed E-state index contributed by atoms with van der Waals surface area (Å²) < 4.78 is 0. The first kappa shape index (κ1) is 19.9. The molecule has 1 amide bonds. The van der Waals surface area contributed by atoms with E-state index in [1.54, 1.807) is 0 Å². The normalized spacial score (nSPS) is 27.6. The summed E-state index contributed by atoms with van der Waals surface area (Å²) in [4.78, 5) is 20.9. The van der Waals surface area contributed by atoms with Crippen LogP contribution in [0.5, 0.6) is 0 Å². The molecule has 1 unspecified atom stereocenters. The Hall–Kier alpha value is -1.39. The average Bonchev–Trinajstić information content (AvgIpc) is 2.87. The van der Waals surface area contributed by atoms with Crippen LogP contribution in [0.25, 0.3) is 0 Å². The van der Waals surface area contributed by atoms with Gasteiger partial charge < -0.3 is 9.80 Å². The zero-order valence-corrected chi connectivity index (χ0v) is 17.8. The first-order valence-corrected chi connectivity index (χ1v) is 11.4. The summed E-state index contributed by atoms with van der Waals surface area (Å²) in [5, 5.41) is 0. The van der Waals surface area contributed by atoms with Crippen LogP contribution in [0.2, 0.25) is 0 Å². The lowest BCUT2D eigenvalue weighted by molar-refractivity contribution is -0.140. The van der Waals surface area contributed by atoms with Crippen molar-refractivity contribution in [3.8, 4) is 0 Å². The summed E-state index contributed by atoms with van der Waals surface area (Å²) in [6.45, 7) is 8.43. The number of likely N-dealkylation sites (tertiary alicyclic amines) is 2. The fraction of sp³-hybridized carbons (Fsp3) is 0.708. The highest BCUT2D eigenvalue weighted by Crippen LogP contribution is 2.37. The molecule has 2 fully saturated rings. The van der Waals surface area contributed by atoms with Gasteiger partial charge in [0.05, 0.1) is 0 Å². The number of rotatable bonds is 3. The van der Waals surface area contributed by atoms with E-state index < -0.39 is 0 Å². The third kappa shape index (κ3) is 3.99. The van der Waals surface area contributed by atoms with Crippen molar-refractivity contribution in [1.29, 1.82) is 0 Å². The molecule has 0 aliphatic carbocycles. The van der Waals surface area contributed by atoms with E-state index in [2.05, 4.69) is 52.9 Å². The maximum Gasteiger partial charge on any atom is 0.226 e. The molecule has 0 aromatic heterocycles. The van der Waals surface area contributed by atoms with Gasteiger partial charge in [0, 0.05) is 24.5 Å². The number of carbonyl (C=O) groups excluding carboxylic acids is 1. The number of piperidine rings is 2. The third-order valence-corrected chi connectivity index (χ3v) is 7.35. The third-order valence-electron chi connectivity index (χ3n) is 7.35. The quantitative estimate of drug-likeness (QED) is 0.799. The fourth-order valence-electron chi connectivity index (χ4n) is 5.73. The number of hydrogen-bond acceptors (Lipinski definition) is 3. The van der Waals surface area contributed by atoms with Gasteiger partial charge in [-0.15, -0.1) is 0 Å². The highest BCUT2D eigenvalue weighted by Gasteiger charge is 2.43. The monoisotopic (exact) mass is 383 g/mol. The minimum atomic E-state index is 0.127. The Morgan fingerprint density at radius 1 is 1.11 bits per heavy atom. The maximum absolute atomic E-state index is 13.6. The Kier molecular flexibility index (Phi) is 6.07. The molecule has 2 saturated heterocycles. The van der Waals surface area contributed by atoms with Gasteiger partial charge in [-0.2, -0.15) is 0 Å². The van der Waals surface area contributed by atoms with Gasteiger partial charge in [0.2, 0.25) is 5.91 Å². The van der Waals surface area contributed by atoms with Crippen LogP contribution in [-0.2, 0) is 17.8 Å². The van der Waals surface area contributed by atoms with Crippen molar-refractivity contribution in [3.63, 3.8) is 0 Å². The Labute approximate surface area is 170 Å². The summed E-state index contributed by atoms with van der Waals surface area (Å²) in [5.74, 6) is 0.618. The summed E-state index contributed by atoms with van der Waals surface area (Å²) >= 11 is 0. The van der Waals surface area contributed by atoms with Crippen LogP contribution in [0.1, 0.15) is 56.6 Å². The maximum atomic E-state index is 13.6. The number of fused-ring (bicyclic) bond motifs is 1. The van der Waals surface area contributed by atoms with Gasteiger partial charge in [0.25, 0.3) is 0 Å². The molecule has 3 aliphatic rings. The smallest absolute Gasteiger partial charge is 0.226 e. The number of nitrogens with zero attached hydrogens (tertiary/aromatic N) is 3. The lowest BCUT2D eigenvalue weighted by Crippen LogP contribution is -2.59. The van der Waals surface area contributed by atoms with E-state index in [1.807, 2.05) is 0 Å². The van der Waals surface area contributed by atoms with Crippen molar-refractivity contribution < 1.29 is 4.79 Å². The van der Waals surface area contributed by atoms with Crippen LogP contribution in [0.3, 0.4) is 0 Å². The Morgan fingerprint density at radius 2 is 1.86 bits per heavy atom. The number of amides is 1. The summed E-state index contributed by atoms with van der Waals surface area (Å²) in [6.07, 6.45) is 8.12. The number of benzene rings is 1. The highest BCUT2D eigenvalue weighted by molar-refractivity contribution is 5.79. The van der Waals surface area contributed by atoms with Crippen LogP contribution in [0, 0.1) is 5.92 Å². The van der Waals surface area contributed by atoms with E-state index in [-0.39, 0.29) is 11.5 Å². The van der Waals surface area contributed by atoms with E-state index in [0.717, 1.165) is 52.0 Å². The summed E-state index contributed by atoms with van der Waals surface area (Å²) in [6, 6.07) is 8.86. The molecule has 0 bridgehead atoms. The standard InChI is InChI=1S/C24H37N3O/c1-3-13-27-14-7-6-12-24(27)17-21-8-4-5-9-22(21)18-26(19-24)23(28)20-10-15-25(2)16-11-20/h4-5,8-9,20H,3,6-7,10-19H2,1-2H3. The van der Waals surface area contributed by atoms with E-state index >= 15 is 0 Å². The first-order valence-electron chi connectivity index (χ1n) is 11.4. The van der Waals surface area contributed by atoms with Crippen LogP contribution in [-0.4, -0.2) is 65.9 Å². The molecule has 1 aromatic rings. The lowest BCUT2D eigenvalue weighted by atomic mass is 9.80. The van der Waals surface area contributed by atoms with Gasteiger partial charge in [0.15, 0.2) is 0 Å². The van der Waals surface area contributed by atoms with Gasteiger partial charge in [0.1, 0.15) is 0 Å². The highest BCUT2D eigenvalue weighted by atomic mass is 16.2. The van der Waals surface area contributed by atoms with Crippen molar-refractivity contribution >= 4 is 5.91 Å². The lowest BCUT2D eigenvalue weighted by Gasteiger charge is -2.49. The minimum absolute atomic E-state index is 0.127. The van der Waals surface area contributed by atoms with Crippen molar-refractivity contribution in [2.45, 2.75) is 64.0 Å². The minimum Gasteiger partial charge on any atom is -0.336 e. The van der Waals surface area contributed by atoms with Crippen LogP contribution in [0.15, 0.2) is 24.3 Å². The second kappa shape index (κ2) is 8.54. The Morgan fingerprint density at radius 3 is 2.61 bits per heavy atom. The van der Waals surface area contributed by atoms with Crippen molar-refractivity contribution in [1.82, 2.24) is 14.7 Å². The molecule has 0 saturated carbocycles. The van der Waals surface area contributed by atoms with Gasteiger partial charge in [-0.1, -0.05) is 37.6 Å². The molecule has 3 heterocycles. The van der Waals surface area contributed by atoms with Gasteiger partial charge in [-0.05, 0) is 82.9 Å². The van der Waals surface area contributed by atoms with Gasteiger partial charge in [-0.25, -0.2) is 0 Å². The van der Waals surface area contributed by atoms with Gasteiger partial charge in [-0.3, -0.25) is 9.69 Å². The van der Waals surface area contributed by atoms with E-state index in [9.17, 15) is 4.79 Å². The van der Waals surface area contributed by atoms with Crippen LogP contribution in [0.4, 0.5) is 0 Å². The molecule has 28 heavy (non-hydrogen) atoms. The first-order chi connectivity index (χ1) is 13.6. The summed E-state index contributed by atoms with van der Waals surface area (Å²) in [7, 11) is 2.17. The predicted molar refractivity (Wildman–Crippen MR) is 114 cm³/mol. The molecule has 1 aromatic carbocycles. The van der Waals surface area contributed by atoms with Crippen LogP contribution >= 0.6 is 0 Å². The number of hydrogen-bond donors (Lipinski definition) is 0. The molecule has 154 valence electrons. The van der Waals surface area contributed by atoms with E-state index in [0.29, 0.717) is 5.91 Å². The second-order valence-corrected chi connectivity index (χ2v) is 9.39. The molecule has 4 rings (SSSR count). The van der Waals surface area contributed by atoms with Crippen molar-refractivity contribution in [2.75, 3.05) is 39.8 Å². The topological polar surface area (TPSA) is 26.8 Å². The molecule has 1 spiro atoms.